The second kappa shape index (κ2) is 7.80. The van der Waals surface area contributed by atoms with Gasteiger partial charge >= 0.3 is 0 Å². The van der Waals surface area contributed by atoms with Gasteiger partial charge < -0.3 is 4.90 Å². The summed E-state index contributed by atoms with van der Waals surface area (Å²) in [6.07, 6.45) is 1.40. The third kappa shape index (κ3) is 4.27. The molecule has 0 N–H and O–H groups in total. The van der Waals surface area contributed by atoms with E-state index in [0.717, 1.165) is 18.2 Å². The molecule has 1 heterocycles. The Hall–Kier alpha value is -1.86. The van der Waals surface area contributed by atoms with Crippen molar-refractivity contribution in [3.8, 4) is 0 Å². The fourth-order valence-corrected chi connectivity index (χ4v) is 4.99. The van der Waals surface area contributed by atoms with Crippen molar-refractivity contribution in [1.29, 1.82) is 0 Å². The van der Waals surface area contributed by atoms with Gasteiger partial charge in [-0.2, -0.15) is 0 Å². The number of benzene rings is 2. The maximum absolute atomic E-state index is 13.7. The van der Waals surface area contributed by atoms with Gasteiger partial charge in [0.1, 0.15) is 17.5 Å². The van der Waals surface area contributed by atoms with Crippen LogP contribution in [0, 0.1) is 17.5 Å². The third-order valence-corrected chi connectivity index (χ3v) is 7.11. The van der Waals surface area contributed by atoms with Crippen LogP contribution in [0.2, 0.25) is 0 Å². The van der Waals surface area contributed by atoms with Gasteiger partial charge in [0.05, 0.1) is 10.1 Å². The Morgan fingerprint density at radius 3 is 2.15 bits per heavy atom. The summed E-state index contributed by atoms with van der Waals surface area (Å²) in [7, 11) is -3.48. The van der Waals surface area contributed by atoms with E-state index in [9.17, 15) is 21.6 Å². The Bertz CT molecular complexity index is 861. The molecule has 0 saturated carbocycles. The first-order valence-electron chi connectivity index (χ1n) is 8.52. The second-order valence-electron chi connectivity index (χ2n) is 6.53. The minimum Gasteiger partial charge on any atom is -0.303 e. The summed E-state index contributed by atoms with van der Waals surface area (Å²) < 4.78 is 64.9. The quantitative estimate of drug-likeness (QED) is 0.742. The van der Waals surface area contributed by atoms with E-state index in [0.29, 0.717) is 44.5 Å². The number of sulfone groups is 1. The van der Waals surface area contributed by atoms with Gasteiger partial charge in [-0.25, -0.2) is 21.6 Å². The highest BCUT2D eigenvalue weighted by atomic mass is 32.2. The number of rotatable bonds is 5. The van der Waals surface area contributed by atoms with Crippen molar-refractivity contribution in [2.75, 3.05) is 19.6 Å². The molecule has 0 bridgehead atoms. The molecule has 0 aliphatic carbocycles. The average molecular weight is 382 g/mol. The van der Waals surface area contributed by atoms with E-state index >= 15 is 0 Å². The van der Waals surface area contributed by atoms with Crippen LogP contribution in [0.5, 0.6) is 0 Å². The molecule has 3 rings (SSSR count). The highest BCUT2D eigenvalue weighted by molar-refractivity contribution is 7.92. The molecule has 0 radical (unpaired) electrons. The molecule has 1 fully saturated rings. The SMILES string of the molecule is O=S(=O)(c1ccc([18F])cc1)C1CCN(CCc2ccc(F)cc2F)CC1. The van der Waals surface area contributed by atoms with E-state index in [1.807, 2.05) is 0 Å². The van der Waals surface area contributed by atoms with Gasteiger partial charge in [0.15, 0.2) is 9.84 Å². The lowest BCUT2D eigenvalue weighted by atomic mass is 10.1. The fraction of sp³-hybridized carbons (Fsp3) is 0.368. The summed E-state index contributed by atoms with van der Waals surface area (Å²) in [5.74, 6) is -1.62. The highest BCUT2D eigenvalue weighted by Crippen LogP contribution is 2.25. The van der Waals surface area contributed by atoms with E-state index in [1.54, 1.807) is 0 Å². The molecule has 26 heavy (non-hydrogen) atoms. The van der Waals surface area contributed by atoms with Crippen LogP contribution in [0.15, 0.2) is 47.4 Å². The van der Waals surface area contributed by atoms with E-state index in [4.69, 9.17) is 0 Å². The molecule has 2 aromatic rings. The van der Waals surface area contributed by atoms with Gasteiger partial charge in [0, 0.05) is 12.6 Å². The number of nitrogens with zero attached hydrogens (tertiary/aromatic N) is 1. The minimum atomic E-state index is -3.48. The van der Waals surface area contributed by atoms with Crippen LogP contribution in [0.1, 0.15) is 18.4 Å². The minimum absolute atomic E-state index is 0.144. The van der Waals surface area contributed by atoms with Crippen LogP contribution in [0.4, 0.5) is 13.2 Å². The highest BCUT2D eigenvalue weighted by Gasteiger charge is 2.31. The molecule has 2 aromatic carbocycles. The van der Waals surface area contributed by atoms with E-state index in [2.05, 4.69) is 4.90 Å². The first-order chi connectivity index (χ1) is 12.4. The summed E-state index contributed by atoms with van der Waals surface area (Å²) in [5, 5.41) is -0.494. The Labute approximate surface area is 151 Å². The molecule has 1 aliphatic heterocycles. The van der Waals surface area contributed by atoms with Crippen LogP contribution in [0.3, 0.4) is 0 Å². The smallest absolute Gasteiger partial charge is 0.181 e. The fourth-order valence-electron chi connectivity index (χ4n) is 3.26. The lowest BCUT2D eigenvalue weighted by molar-refractivity contribution is 0.232. The van der Waals surface area contributed by atoms with Crippen molar-refractivity contribution in [2.24, 2.45) is 0 Å². The van der Waals surface area contributed by atoms with Crippen molar-refractivity contribution in [3.05, 3.63) is 65.5 Å². The standard InChI is InChI=1S/C19H20F3NO2S/c20-15-3-5-17(6-4-15)26(24,25)18-8-11-23(12-9-18)10-7-14-1-2-16(21)13-19(14)22/h1-6,13,18H,7-12H2/i20-1. The maximum Gasteiger partial charge on any atom is 0.181 e. The summed E-state index contributed by atoms with van der Waals surface area (Å²) >= 11 is 0. The molecule has 7 heteroatoms. The Kier molecular flexibility index (Phi) is 5.67. The average Bonchev–Trinajstić information content (AvgIpc) is 2.62. The molecule has 0 spiro atoms. The molecule has 0 aromatic heterocycles. The largest absolute Gasteiger partial charge is 0.303 e. The molecule has 0 amide bonds. The van der Waals surface area contributed by atoms with Gasteiger partial charge in [-0.3, -0.25) is 0 Å². The number of piperidine rings is 1. The number of hydrogen-bond donors (Lipinski definition) is 0. The summed E-state index contributed by atoms with van der Waals surface area (Å²) in [6, 6.07) is 8.45. The molecular formula is C19H20F3NO2S. The predicted molar refractivity (Wildman–Crippen MR) is 93.1 cm³/mol. The Morgan fingerprint density at radius 2 is 1.54 bits per heavy atom. The van der Waals surface area contributed by atoms with Crippen LogP contribution < -0.4 is 0 Å². The van der Waals surface area contributed by atoms with Gasteiger partial charge in [0.25, 0.3) is 0 Å². The van der Waals surface area contributed by atoms with Gasteiger partial charge in [-0.05, 0) is 68.2 Å². The van der Waals surface area contributed by atoms with Crippen molar-refractivity contribution in [1.82, 2.24) is 4.90 Å². The van der Waals surface area contributed by atoms with Crippen LogP contribution in [-0.2, 0) is 16.3 Å². The lowest BCUT2D eigenvalue weighted by Crippen LogP contribution is -2.40. The van der Waals surface area contributed by atoms with Gasteiger partial charge in [-0.1, -0.05) is 6.07 Å². The van der Waals surface area contributed by atoms with Crippen LogP contribution in [-0.4, -0.2) is 38.2 Å². The maximum atomic E-state index is 13.7. The molecule has 1 saturated heterocycles. The summed E-state index contributed by atoms with van der Waals surface area (Å²) in [6.45, 7) is 1.77. The monoisotopic (exact) mass is 382 g/mol. The summed E-state index contributed by atoms with van der Waals surface area (Å²) in [5.41, 5.74) is 0.451. The van der Waals surface area contributed by atoms with Crippen molar-refractivity contribution < 1.29 is 21.6 Å². The third-order valence-electron chi connectivity index (χ3n) is 4.83. The number of halogens is 3. The summed E-state index contributed by atoms with van der Waals surface area (Å²) in [4.78, 5) is 2.23. The lowest BCUT2D eigenvalue weighted by Gasteiger charge is -2.31. The van der Waals surface area contributed by atoms with Gasteiger partial charge in [-0.15, -0.1) is 0 Å². The topological polar surface area (TPSA) is 37.4 Å². The zero-order valence-corrected chi connectivity index (χ0v) is 15.0. The van der Waals surface area contributed by atoms with Gasteiger partial charge in [0.2, 0.25) is 0 Å². The van der Waals surface area contributed by atoms with E-state index in [1.165, 1.54) is 24.3 Å². The zero-order valence-electron chi connectivity index (χ0n) is 14.2. The Balaban J connectivity index is 1.56. The number of likely N-dealkylation sites (tertiary alicyclic amines) is 1. The Morgan fingerprint density at radius 1 is 0.923 bits per heavy atom. The normalized spacial score (nSPS) is 16.7. The first-order valence-corrected chi connectivity index (χ1v) is 10.1. The zero-order chi connectivity index (χ0) is 18.7. The molecule has 0 unspecified atom stereocenters. The van der Waals surface area contributed by atoms with Crippen molar-refractivity contribution in [2.45, 2.75) is 29.4 Å². The first kappa shape index (κ1) is 18.9. The van der Waals surface area contributed by atoms with Crippen molar-refractivity contribution >= 4 is 9.84 Å². The molecule has 0 atom stereocenters. The predicted octanol–water partition coefficient (Wildman–Crippen LogP) is 3.58. The molecular weight excluding hydrogens is 362 g/mol. The van der Waals surface area contributed by atoms with Crippen LogP contribution in [0.25, 0.3) is 0 Å². The molecule has 140 valence electrons. The second-order valence-corrected chi connectivity index (χ2v) is 8.75. The van der Waals surface area contributed by atoms with Crippen molar-refractivity contribution in [3.63, 3.8) is 0 Å². The number of hydrogen-bond acceptors (Lipinski definition) is 3. The van der Waals surface area contributed by atoms with Crippen LogP contribution >= 0.6 is 0 Å². The molecule has 3 nitrogen and oxygen atoms in total. The van der Waals surface area contributed by atoms with E-state index in [-0.39, 0.29) is 4.90 Å². The molecule has 1 aliphatic rings. The van der Waals surface area contributed by atoms with E-state index < -0.39 is 32.5 Å².